The second-order valence-corrected chi connectivity index (χ2v) is 7.56. The first kappa shape index (κ1) is 12.0. The van der Waals surface area contributed by atoms with Crippen molar-refractivity contribution in [2.45, 2.75) is 46.0 Å². The number of aromatic nitrogens is 1. The fourth-order valence-corrected chi connectivity index (χ4v) is 5.41. The van der Waals surface area contributed by atoms with E-state index in [1.807, 2.05) is 11.3 Å². The standard InChI is InChI=1S/C14H20ClNS/c1-9-10(2)17-13(16-9)7-14(8-15)6-11-3-4-12(14)5-11/h11-12H,3-8H2,1-2H3. The maximum Gasteiger partial charge on any atom is 0.0936 e. The third-order valence-electron chi connectivity index (χ3n) is 4.94. The van der Waals surface area contributed by atoms with Crippen LogP contribution in [0.1, 0.15) is 41.3 Å². The summed E-state index contributed by atoms with van der Waals surface area (Å²) in [7, 11) is 0. The molecule has 3 heteroatoms. The molecule has 2 saturated carbocycles. The lowest BCUT2D eigenvalue weighted by Crippen LogP contribution is -2.32. The summed E-state index contributed by atoms with van der Waals surface area (Å²) in [5.41, 5.74) is 1.58. The number of aryl methyl sites for hydroxylation is 2. The average Bonchev–Trinajstić information content (AvgIpc) is 2.95. The Labute approximate surface area is 113 Å². The summed E-state index contributed by atoms with van der Waals surface area (Å²) in [6, 6.07) is 0. The first-order chi connectivity index (χ1) is 8.13. The first-order valence-corrected chi connectivity index (χ1v) is 7.97. The quantitative estimate of drug-likeness (QED) is 0.744. The molecule has 0 saturated heterocycles. The van der Waals surface area contributed by atoms with Crippen LogP contribution in [0.15, 0.2) is 0 Å². The van der Waals surface area contributed by atoms with Crippen LogP contribution in [0.25, 0.3) is 0 Å². The van der Waals surface area contributed by atoms with Crippen molar-refractivity contribution in [3.63, 3.8) is 0 Å². The molecular weight excluding hydrogens is 250 g/mol. The molecule has 3 atom stereocenters. The van der Waals surface area contributed by atoms with E-state index in [1.54, 1.807) is 0 Å². The molecule has 0 amide bonds. The SMILES string of the molecule is Cc1nc(CC2(CCl)CC3CCC2C3)sc1C. The molecule has 0 N–H and O–H groups in total. The first-order valence-electron chi connectivity index (χ1n) is 6.62. The van der Waals surface area contributed by atoms with Gasteiger partial charge in [-0.25, -0.2) is 4.98 Å². The van der Waals surface area contributed by atoms with Crippen molar-refractivity contribution in [2.24, 2.45) is 17.3 Å². The second kappa shape index (κ2) is 4.24. The van der Waals surface area contributed by atoms with E-state index in [-0.39, 0.29) is 0 Å². The molecule has 3 unspecified atom stereocenters. The molecule has 1 aromatic heterocycles. The minimum Gasteiger partial charge on any atom is -0.246 e. The van der Waals surface area contributed by atoms with Crippen LogP contribution >= 0.6 is 22.9 Å². The minimum absolute atomic E-state index is 0.376. The van der Waals surface area contributed by atoms with Crippen molar-refractivity contribution in [3.8, 4) is 0 Å². The summed E-state index contributed by atoms with van der Waals surface area (Å²) in [6.07, 6.45) is 6.74. The summed E-state index contributed by atoms with van der Waals surface area (Å²) >= 11 is 8.20. The highest BCUT2D eigenvalue weighted by atomic mass is 35.5. The van der Waals surface area contributed by atoms with Gasteiger partial charge in [-0.15, -0.1) is 22.9 Å². The van der Waals surface area contributed by atoms with Gasteiger partial charge in [-0.1, -0.05) is 6.42 Å². The van der Waals surface area contributed by atoms with Gasteiger partial charge in [0.15, 0.2) is 0 Å². The Morgan fingerprint density at radius 1 is 1.41 bits per heavy atom. The summed E-state index contributed by atoms with van der Waals surface area (Å²) in [5, 5.41) is 1.31. The number of hydrogen-bond acceptors (Lipinski definition) is 2. The molecule has 0 radical (unpaired) electrons. The molecule has 1 nitrogen and oxygen atoms in total. The van der Waals surface area contributed by atoms with Crippen molar-refractivity contribution >= 4 is 22.9 Å². The fourth-order valence-electron chi connectivity index (χ4n) is 3.90. The third-order valence-corrected chi connectivity index (χ3v) is 6.55. The number of hydrogen-bond donors (Lipinski definition) is 0. The predicted molar refractivity (Wildman–Crippen MR) is 73.9 cm³/mol. The van der Waals surface area contributed by atoms with Crippen LogP contribution in [0.3, 0.4) is 0 Å². The Hall–Kier alpha value is -0.0800. The fraction of sp³-hybridized carbons (Fsp3) is 0.786. The Morgan fingerprint density at radius 2 is 2.24 bits per heavy atom. The van der Waals surface area contributed by atoms with E-state index in [0.29, 0.717) is 5.41 Å². The van der Waals surface area contributed by atoms with Gasteiger partial charge < -0.3 is 0 Å². The van der Waals surface area contributed by atoms with Crippen molar-refractivity contribution < 1.29 is 0 Å². The summed E-state index contributed by atoms with van der Waals surface area (Å²) in [6.45, 7) is 4.29. The molecule has 2 fully saturated rings. The molecule has 2 bridgehead atoms. The molecule has 0 aromatic carbocycles. The lowest BCUT2D eigenvalue weighted by molar-refractivity contribution is 0.193. The third kappa shape index (κ3) is 1.94. The zero-order valence-electron chi connectivity index (χ0n) is 10.6. The van der Waals surface area contributed by atoms with Crippen LogP contribution in [0.5, 0.6) is 0 Å². The lowest BCUT2D eigenvalue weighted by atomic mass is 9.72. The van der Waals surface area contributed by atoms with Gasteiger partial charge in [0.2, 0.25) is 0 Å². The number of halogens is 1. The highest BCUT2D eigenvalue weighted by molar-refractivity contribution is 7.11. The molecule has 1 heterocycles. The van der Waals surface area contributed by atoms with E-state index < -0.39 is 0 Å². The second-order valence-electron chi connectivity index (χ2n) is 6.00. The van der Waals surface area contributed by atoms with Crippen LogP contribution in [-0.4, -0.2) is 10.9 Å². The van der Waals surface area contributed by atoms with Gasteiger partial charge in [-0.2, -0.15) is 0 Å². The minimum atomic E-state index is 0.376. The smallest absolute Gasteiger partial charge is 0.0936 e. The highest BCUT2D eigenvalue weighted by Crippen LogP contribution is 2.57. The number of rotatable bonds is 3. The van der Waals surface area contributed by atoms with Crippen LogP contribution in [-0.2, 0) is 6.42 Å². The van der Waals surface area contributed by atoms with Crippen LogP contribution in [0.2, 0.25) is 0 Å². The highest BCUT2D eigenvalue weighted by Gasteiger charge is 2.50. The number of nitrogens with zero attached hydrogens (tertiary/aromatic N) is 1. The molecular formula is C14H20ClNS. The number of alkyl halides is 1. The zero-order chi connectivity index (χ0) is 12.0. The molecule has 2 aliphatic carbocycles. The number of fused-ring (bicyclic) bond motifs is 2. The van der Waals surface area contributed by atoms with E-state index in [1.165, 1.54) is 41.3 Å². The average molecular weight is 270 g/mol. The molecule has 94 valence electrons. The van der Waals surface area contributed by atoms with Crippen molar-refractivity contribution in [2.75, 3.05) is 5.88 Å². The monoisotopic (exact) mass is 269 g/mol. The summed E-state index contributed by atoms with van der Waals surface area (Å²) in [4.78, 5) is 6.08. The maximum atomic E-state index is 6.33. The normalized spacial score (nSPS) is 35.7. The topological polar surface area (TPSA) is 12.9 Å². The summed E-state index contributed by atoms with van der Waals surface area (Å²) < 4.78 is 0. The molecule has 3 rings (SSSR count). The predicted octanol–water partition coefficient (Wildman–Crippen LogP) is 4.35. The largest absolute Gasteiger partial charge is 0.246 e. The maximum absolute atomic E-state index is 6.33. The van der Waals surface area contributed by atoms with Crippen LogP contribution < -0.4 is 0 Å². The number of thiazole rings is 1. The van der Waals surface area contributed by atoms with Gasteiger partial charge in [0.25, 0.3) is 0 Å². The van der Waals surface area contributed by atoms with Crippen molar-refractivity contribution in [3.05, 3.63) is 15.6 Å². The van der Waals surface area contributed by atoms with Gasteiger partial charge in [-0.05, 0) is 50.4 Å². The van der Waals surface area contributed by atoms with Crippen LogP contribution in [0.4, 0.5) is 0 Å². The van der Waals surface area contributed by atoms with Gasteiger partial charge in [0.05, 0.1) is 10.7 Å². The van der Waals surface area contributed by atoms with Gasteiger partial charge in [0, 0.05) is 17.2 Å². The Kier molecular flexibility index (Phi) is 2.99. The van der Waals surface area contributed by atoms with E-state index in [0.717, 1.165) is 24.1 Å². The molecule has 0 aliphatic heterocycles. The van der Waals surface area contributed by atoms with Gasteiger partial charge >= 0.3 is 0 Å². The van der Waals surface area contributed by atoms with E-state index >= 15 is 0 Å². The van der Waals surface area contributed by atoms with Gasteiger partial charge in [-0.3, -0.25) is 0 Å². The van der Waals surface area contributed by atoms with Crippen molar-refractivity contribution in [1.82, 2.24) is 4.98 Å². The Bertz CT molecular complexity index is 408. The van der Waals surface area contributed by atoms with E-state index in [2.05, 4.69) is 13.8 Å². The Morgan fingerprint density at radius 3 is 2.71 bits per heavy atom. The zero-order valence-corrected chi connectivity index (χ0v) is 12.2. The molecule has 17 heavy (non-hydrogen) atoms. The summed E-state index contributed by atoms with van der Waals surface area (Å²) in [5.74, 6) is 2.65. The van der Waals surface area contributed by atoms with Crippen LogP contribution in [0, 0.1) is 31.1 Å². The molecule has 0 spiro atoms. The molecule has 2 aliphatic rings. The molecule has 1 aromatic rings. The Balaban J connectivity index is 1.83. The van der Waals surface area contributed by atoms with E-state index in [4.69, 9.17) is 16.6 Å². The van der Waals surface area contributed by atoms with Gasteiger partial charge in [0.1, 0.15) is 0 Å². The van der Waals surface area contributed by atoms with Crippen molar-refractivity contribution in [1.29, 1.82) is 0 Å². The lowest BCUT2D eigenvalue weighted by Gasteiger charge is -2.35. The van der Waals surface area contributed by atoms with E-state index in [9.17, 15) is 0 Å².